The zero-order valence-electron chi connectivity index (χ0n) is 17.1. The summed E-state index contributed by atoms with van der Waals surface area (Å²) >= 11 is 0. The van der Waals surface area contributed by atoms with Gasteiger partial charge in [-0.25, -0.2) is 9.97 Å². The van der Waals surface area contributed by atoms with Crippen molar-refractivity contribution in [3.05, 3.63) is 30.9 Å². The van der Waals surface area contributed by atoms with Crippen molar-refractivity contribution in [2.24, 2.45) is 0 Å². The lowest BCUT2D eigenvalue weighted by Crippen LogP contribution is -2.22. The molecule has 3 heterocycles. The smallest absolute Gasteiger partial charge is 0.164 e. The van der Waals surface area contributed by atoms with Crippen LogP contribution in [-0.4, -0.2) is 45.3 Å². The molecule has 0 bridgehead atoms. The lowest BCUT2D eigenvalue weighted by atomic mass is 10.2. The molecule has 0 aliphatic heterocycles. The minimum atomic E-state index is -1.09. The first kappa shape index (κ1) is 20.4. The van der Waals surface area contributed by atoms with E-state index in [4.69, 9.17) is 9.72 Å². The Morgan fingerprint density at radius 2 is 2.11 bits per heavy atom. The van der Waals surface area contributed by atoms with Crippen LogP contribution in [0.5, 0.6) is 0 Å². The molecule has 8 heteroatoms. The zero-order chi connectivity index (χ0) is 20.1. The van der Waals surface area contributed by atoms with E-state index in [0.29, 0.717) is 19.0 Å². The molecule has 28 heavy (non-hydrogen) atoms. The van der Waals surface area contributed by atoms with Gasteiger partial charge in [-0.2, -0.15) is 5.10 Å². The Labute approximate surface area is 166 Å². The van der Waals surface area contributed by atoms with Crippen LogP contribution in [0.15, 0.2) is 30.9 Å². The molecule has 7 nitrogen and oxygen atoms in total. The molecule has 1 atom stereocenters. The minimum Gasteiger partial charge on any atom is -0.361 e. The van der Waals surface area contributed by atoms with Gasteiger partial charge >= 0.3 is 0 Å². The maximum atomic E-state index is 10.9. The van der Waals surface area contributed by atoms with Gasteiger partial charge in [0.05, 0.1) is 17.8 Å². The summed E-state index contributed by atoms with van der Waals surface area (Å²) in [6.07, 6.45) is 9.72. The summed E-state index contributed by atoms with van der Waals surface area (Å²) in [5, 5.41) is 5.39. The fourth-order valence-electron chi connectivity index (χ4n) is 2.98. The maximum Gasteiger partial charge on any atom is 0.164 e. The Hall–Kier alpha value is -2.32. The van der Waals surface area contributed by atoms with Crippen LogP contribution < -0.4 is 0 Å². The molecule has 0 fully saturated rings. The van der Waals surface area contributed by atoms with E-state index in [1.807, 2.05) is 40.8 Å². The van der Waals surface area contributed by atoms with E-state index in [1.165, 1.54) is 0 Å². The summed E-state index contributed by atoms with van der Waals surface area (Å²) in [4.78, 5) is 20.1. The van der Waals surface area contributed by atoms with Crippen molar-refractivity contribution < 1.29 is 9.53 Å². The Morgan fingerprint density at radius 1 is 1.29 bits per heavy atom. The molecule has 3 rings (SSSR count). The van der Waals surface area contributed by atoms with Crippen LogP contribution in [0.4, 0.5) is 0 Å². The van der Waals surface area contributed by atoms with Crippen LogP contribution in [0.1, 0.15) is 25.8 Å². The molecule has 0 saturated carbocycles. The second-order valence-corrected chi connectivity index (χ2v) is 13.9. The molecule has 1 unspecified atom stereocenters. The van der Waals surface area contributed by atoms with Crippen LogP contribution in [0.3, 0.4) is 0 Å². The van der Waals surface area contributed by atoms with Gasteiger partial charge in [0, 0.05) is 45.1 Å². The normalized spacial score (nSPS) is 13.1. The molecule has 0 spiro atoms. The van der Waals surface area contributed by atoms with Crippen LogP contribution in [0, 0.1) is 0 Å². The van der Waals surface area contributed by atoms with Gasteiger partial charge in [0.1, 0.15) is 18.7 Å². The molecule has 0 amide bonds. The molecule has 3 aromatic rings. The highest BCUT2D eigenvalue weighted by Crippen LogP contribution is 2.22. The predicted octanol–water partition coefficient (Wildman–Crippen LogP) is 4.15. The average molecular weight is 400 g/mol. The topological polar surface area (TPSA) is 74.8 Å². The molecule has 0 N–H and O–H groups in total. The van der Waals surface area contributed by atoms with Crippen molar-refractivity contribution in [2.75, 3.05) is 6.61 Å². The van der Waals surface area contributed by atoms with Crippen LogP contribution >= 0.6 is 0 Å². The van der Waals surface area contributed by atoms with E-state index in [0.717, 1.165) is 42.0 Å². The maximum absolute atomic E-state index is 10.9. The first-order chi connectivity index (χ1) is 13.4. The molecule has 0 saturated heterocycles. The van der Waals surface area contributed by atoms with E-state index >= 15 is 0 Å². The summed E-state index contributed by atoms with van der Waals surface area (Å²) in [5.74, 6) is 0.627. The molecule has 150 valence electrons. The highest BCUT2D eigenvalue weighted by Gasteiger charge is 2.14. The second kappa shape index (κ2) is 8.79. The monoisotopic (exact) mass is 399 g/mol. The van der Waals surface area contributed by atoms with Gasteiger partial charge in [-0.05, 0) is 18.5 Å². The number of aromatic nitrogens is 5. The summed E-state index contributed by atoms with van der Waals surface area (Å²) < 4.78 is 9.71. The van der Waals surface area contributed by atoms with E-state index in [1.54, 1.807) is 6.20 Å². The van der Waals surface area contributed by atoms with Crippen LogP contribution in [-0.2, 0) is 16.3 Å². The number of nitrogens with zero attached hydrogens (tertiary/aromatic N) is 5. The molecular formula is C20H29N5O2Si. The third-order valence-electron chi connectivity index (χ3n) is 4.80. The van der Waals surface area contributed by atoms with Crippen molar-refractivity contribution in [1.29, 1.82) is 0 Å². The SMILES string of the molecule is CCC(CC=O)n1cc(-c2ncc3ccn(COCC[Si](C)(C)C)c3n2)cn1. The zero-order valence-corrected chi connectivity index (χ0v) is 18.1. The Balaban J connectivity index is 1.76. The van der Waals surface area contributed by atoms with E-state index < -0.39 is 8.07 Å². The highest BCUT2D eigenvalue weighted by atomic mass is 28.3. The Bertz CT molecular complexity index is 928. The number of carbonyl (C=O) groups is 1. The molecule has 3 aromatic heterocycles. The van der Waals surface area contributed by atoms with Gasteiger partial charge < -0.3 is 14.1 Å². The highest BCUT2D eigenvalue weighted by molar-refractivity contribution is 6.76. The van der Waals surface area contributed by atoms with Gasteiger partial charge in [0.2, 0.25) is 0 Å². The largest absolute Gasteiger partial charge is 0.361 e. The Kier molecular flexibility index (Phi) is 6.41. The number of ether oxygens (including phenoxy) is 1. The standard InChI is InChI=1S/C20H29N5O2Si/c1-5-18(7-9-26)25-14-17(13-22-25)19-21-12-16-6-8-24(20(16)23-19)15-27-10-11-28(2,3)4/h6,8-9,12-14,18H,5,7,10-11,15H2,1-4H3. The number of hydrogen-bond acceptors (Lipinski definition) is 5. The van der Waals surface area contributed by atoms with Crippen molar-refractivity contribution in [2.45, 2.75) is 58.2 Å². The molecule has 0 aliphatic carbocycles. The van der Waals surface area contributed by atoms with Crippen LogP contribution in [0.2, 0.25) is 25.7 Å². The summed E-state index contributed by atoms with van der Waals surface area (Å²) in [7, 11) is -1.09. The van der Waals surface area contributed by atoms with Crippen molar-refractivity contribution in [3.8, 4) is 11.4 Å². The molecule has 0 aliphatic rings. The summed E-state index contributed by atoms with van der Waals surface area (Å²) in [6.45, 7) is 10.3. The number of aldehydes is 1. The third-order valence-corrected chi connectivity index (χ3v) is 6.51. The van der Waals surface area contributed by atoms with Crippen molar-refractivity contribution in [3.63, 3.8) is 0 Å². The lowest BCUT2D eigenvalue weighted by molar-refractivity contribution is -0.108. The van der Waals surface area contributed by atoms with E-state index in [2.05, 4.69) is 29.7 Å². The summed E-state index contributed by atoms with van der Waals surface area (Å²) in [5.41, 5.74) is 1.70. The lowest BCUT2D eigenvalue weighted by Gasteiger charge is -2.15. The summed E-state index contributed by atoms with van der Waals surface area (Å²) in [6, 6.07) is 3.21. The first-order valence-electron chi connectivity index (χ1n) is 9.79. The van der Waals surface area contributed by atoms with Gasteiger partial charge in [-0.1, -0.05) is 26.6 Å². The molecule has 0 aromatic carbocycles. The molecule has 0 radical (unpaired) electrons. The first-order valence-corrected chi connectivity index (χ1v) is 13.5. The number of rotatable bonds is 10. The molecular weight excluding hydrogens is 370 g/mol. The van der Waals surface area contributed by atoms with E-state index in [9.17, 15) is 4.79 Å². The van der Waals surface area contributed by atoms with Gasteiger partial charge in [-0.3, -0.25) is 4.68 Å². The van der Waals surface area contributed by atoms with Gasteiger partial charge in [0.15, 0.2) is 5.82 Å². The quantitative estimate of drug-likeness (QED) is 0.291. The average Bonchev–Trinajstić information content (AvgIpc) is 3.29. The van der Waals surface area contributed by atoms with Crippen LogP contribution in [0.25, 0.3) is 22.4 Å². The van der Waals surface area contributed by atoms with Crippen molar-refractivity contribution >= 4 is 25.4 Å². The number of hydrogen-bond donors (Lipinski definition) is 0. The second-order valence-electron chi connectivity index (χ2n) is 8.28. The minimum absolute atomic E-state index is 0.0682. The van der Waals surface area contributed by atoms with Gasteiger partial charge in [-0.15, -0.1) is 0 Å². The fraction of sp³-hybridized carbons (Fsp3) is 0.500. The predicted molar refractivity (Wildman–Crippen MR) is 113 cm³/mol. The van der Waals surface area contributed by atoms with E-state index in [-0.39, 0.29) is 6.04 Å². The van der Waals surface area contributed by atoms with Crippen molar-refractivity contribution in [1.82, 2.24) is 24.3 Å². The number of carbonyl (C=O) groups excluding carboxylic acids is 1. The number of fused-ring (bicyclic) bond motifs is 1. The Morgan fingerprint density at radius 3 is 2.82 bits per heavy atom. The van der Waals surface area contributed by atoms with Gasteiger partial charge in [0.25, 0.3) is 0 Å². The third kappa shape index (κ3) is 4.93. The fourth-order valence-corrected chi connectivity index (χ4v) is 3.74.